The third-order valence-corrected chi connectivity index (χ3v) is 8.16. The maximum absolute atomic E-state index is 12.4. The third kappa shape index (κ3) is 5.57. The summed E-state index contributed by atoms with van der Waals surface area (Å²) >= 11 is 1.51. The minimum absolute atomic E-state index is 0. The molecule has 1 saturated carbocycles. The molecule has 1 aliphatic carbocycles. The van der Waals surface area contributed by atoms with Gasteiger partial charge in [0.25, 0.3) is 0 Å². The summed E-state index contributed by atoms with van der Waals surface area (Å²) in [6, 6.07) is 1.74. The predicted molar refractivity (Wildman–Crippen MR) is 123 cm³/mol. The zero-order chi connectivity index (χ0) is 18.7. The van der Waals surface area contributed by atoms with Gasteiger partial charge in [-0.1, -0.05) is 12.8 Å². The second-order valence-corrected chi connectivity index (χ2v) is 10.6. The molecule has 2 fully saturated rings. The lowest BCUT2D eigenvalue weighted by atomic mass is 9.82. The van der Waals surface area contributed by atoms with Crippen molar-refractivity contribution < 1.29 is 8.42 Å². The van der Waals surface area contributed by atoms with Crippen LogP contribution >= 0.6 is 35.3 Å². The number of aryl methyl sites for hydroxylation is 2. The number of halogens is 1. The molecule has 0 bridgehead atoms. The molecule has 154 valence electrons. The van der Waals surface area contributed by atoms with Crippen LogP contribution in [0.3, 0.4) is 0 Å². The average molecular weight is 527 g/mol. The number of aliphatic imine (C=N–C) groups is 1. The fourth-order valence-electron chi connectivity index (χ4n) is 4.22. The number of sulfonamides is 1. The Hall–Kier alpha value is -0.390. The molecular weight excluding hydrogens is 495 g/mol. The average Bonchev–Trinajstić information content (AvgIpc) is 3.17. The lowest BCUT2D eigenvalue weighted by molar-refractivity contribution is 0.299. The van der Waals surface area contributed by atoms with Crippen molar-refractivity contribution in [3.8, 4) is 0 Å². The third-order valence-electron chi connectivity index (χ3n) is 5.47. The monoisotopic (exact) mass is 526 g/mol. The quantitative estimate of drug-likeness (QED) is 0.268. The molecular formula is C18H31IN4O2S2. The van der Waals surface area contributed by atoms with E-state index in [1.54, 1.807) is 13.1 Å². The zero-order valence-corrected chi connectivity index (χ0v) is 20.3. The highest BCUT2D eigenvalue weighted by Crippen LogP contribution is 2.35. The number of nitrogens with zero attached hydrogens (tertiary/aromatic N) is 2. The van der Waals surface area contributed by atoms with Gasteiger partial charge in [-0.05, 0) is 44.6 Å². The number of nitrogens with one attached hydrogen (secondary N) is 2. The molecule has 2 heterocycles. The van der Waals surface area contributed by atoms with Crippen molar-refractivity contribution in [2.75, 3.05) is 33.2 Å². The standard InChI is InChI=1S/C18H30N4O2S2.HI/c1-13-10-17(14(2)25-13)26(23,24)21-9-8-20-18(19-3)22-11-15-6-4-5-7-16(15)12-22;/h10,15-16,21H,4-9,11-12H2,1-3H3,(H,19,20);1H. The van der Waals surface area contributed by atoms with Crippen molar-refractivity contribution in [2.24, 2.45) is 16.8 Å². The van der Waals surface area contributed by atoms with Crippen molar-refractivity contribution in [1.82, 2.24) is 14.9 Å². The van der Waals surface area contributed by atoms with Gasteiger partial charge in [0.15, 0.2) is 5.96 Å². The van der Waals surface area contributed by atoms with E-state index in [9.17, 15) is 8.42 Å². The van der Waals surface area contributed by atoms with Crippen LogP contribution in [0.1, 0.15) is 35.4 Å². The van der Waals surface area contributed by atoms with Crippen LogP contribution in [0.2, 0.25) is 0 Å². The number of hydrogen-bond donors (Lipinski definition) is 2. The van der Waals surface area contributed by atoms with E-state index in [1.165, 1.54) is 37.0 Å². The molecule has 2 atom stereocenters. The van der Waals surface area contributed by atoms with Crippen molar-refractivity contribution in [3.05, 3.63) is 15.8 Å². The minimum atomic E-state index is -3.44. The highest BCUT2D eigenvalue weighted by molar-refractivity contribution is 14.0. The maximum Gasteiger partial charge on any atom is 0.241 e. The van der Waals surface area contributed by atoms with Gasteiger partial charge in [0.2, 0.25) is 10.0 Å². The molecule has 0 amide bonds. The number of rotatable bonds is 5. The van der Waals surface area contributed by atoms with Gasteiger partial charge in [0, 0.05) is 43.0 Å². The summed E-state index contributed by atoms with van der Waals surface area (Å²) in [6.45, 7) is 6.79. The molecule has 9 heteroatoms. The Morgan fingerprint density at radius 1 is 1.22 bits per heavy atom. The molecule has 1 aromatic heterocycles. The highest BCUT2D eigenvalue weighted by atomic mass is 127. The summed E-state index contributed by atoms with van der Waals surface area (Å²) in [5.74, 6) is 2.48. The molecule has 1 saturated heterocycles. The van der Waals surface area contributed by atoms with E-state index in [-0.39, 0.29) is 24.0 Å². The van der Waals surface area contributed by atoms with Gasteiger partial charge in [0.05, 0.1) is 4.90 Å². The predicted octanol–water partition coefficient (Wildman–Crippen LogP) is 2.96. The van der Waals surface area contributed by atoms with Crippen molar-refractivity contribution in [2.45, 2.75) is 44.4 Å². The lowest BCUT2D eigenvalue weighted by Gasteiger charge is -2.22. The highest BCUT2D eigenvalue weighted by Gasteiger charge is 2.35. The Morgan fingerprint density at radius 2 is 1.85 bits per heavy atom. The van der Waals surface area contributed by atoms with Crippen LogP contribution in [0.15, 0.2) is 16.0 Å². The first kappa shape index (κ1) is 22.9. The summed E-state index contributed by atoms with van der Waals surface area (Å²) in [7, 11) is -1.65. The first-order valence-corrected chi connectivity index (χ1v) is 11.7. The summed E-state index contributed by atoms with van der Waals surface area (Å²) in [6.07, 6.45) is 5.36. The van der Waals surface area contributed by atoms with Gasteiger partial charge in [-0.15, -0.1) is 35.3 Å². The topological polar surface area (TPSA) is 73.8 Å². The molecule has 2 unspecified atom stereocenters. The molecule has 1 aliphatic heterocycles. The van der Waals surface area contributed by atoms with E-state index in [2.05, 4.69) is 19.9 Å². The normalized spacial score (nSPS) is 23.1. The number of likely N-dealkylation sites (tertiary alicyclic amines) is 1. The van der Waals surface area contributed by atoms with Crippen molar-refractivity contribution in [1.29, 1.82) is 0 Å². The number of fused-ring (bicyclic) bond motifs is 1. The van der Waals surface area contributed by atoms with Crippen LogP contribution in [-0.2, 0) is 10.0 Å². The van der Waals surface area contributed by atoms with E-state index in [1.807, 2.05) is 13.8 Å². The van der Waals surface area contributed by atoms with Gasteiger partial charge in [0.1, 0.15) is 0 Å². The Bertz CT molecular complexity index is 749. The van der Waals surface area contributed by atoms with Crippen molar-refractivity contribution >= 4 is 51.3 Å². The summed E-state index contributed by atoms with van der Waals surface area (Å²) in [5, 5.41) is 3.32. The van der Waals surface area contributed by atoms with Crippen LogP contribution in [0.25, 0.3) is 0 Å². The van der Waals surface area contributed by atoms with Crippen LogP contribution in [0.5, 0.6) is 0 Å². The summed E-state index contributed by atoms with van der Waals surface area (Å²) in [5.41, 5.74) is 0. The van der Waals surface area contributed by atoms with Gasteiger partial charge in [-0.2, -0.15) is 0 Å². The largest absolute Gasteiger partial charge is 0.355 e. The van der Waals surface area contributed by atoms with E-state index in [0.29, 0.717) is 18.0 Å². The summed E-state index contributed by atoms with van der Waals surface area (Å²) < 4.78 is 27.6. The van der Waals surface area contributed by atoms with Crippen LogP contribution in [0.4, 0.5) is 0 Å². The number of thiophene rings is 1. The molecule has 2 aliphatic rings. The molecule has 0 aromatic carbocycles. The molecule has 3 rings (SSSR count). The smallest absolute Gasteiger partial charge is 0.241 e. The Balaban J connectivity index is 0.00000261. The molecule has 1 aromatic rings. The van der Waals surface area contributed by atoms with Crippen LogP contribution < -0.4 is 10.0 Å². The van der Waals surface area contributed by atoms with E-state index >= 15 is 0 Å². The number of guanidine groups is 1. The van der Waals surface area contributed by atoms with Gasteiger partial charge in [-0.25, -0.2) is 13.1 Å². The number of hydrogen-bond acceptors (Lipinski definition) is 4. The fraction of sp³-hybridized carbons (Fsp3) is 0.722. The van der Waals surface area contributed by atoms with E-state index in [0.717, 1.165) is 40.6 Å². The Kier molecular flexibility index (Phi) is 8.38. The maximum atomic E-state index is 12.4. The molecule has 0 radical (unpaired) electrons. The second-order valence-electron chi connectivity index (χ2n) is 7.36. The summed E-state index contributed by atoms with van der Waals surface area (Å²) in [4.78, 5) is 8.97. The van der Waals surface area contributed by atoms with Gasteiger partial charge >= 0.3 is 0 Å². The first-order chi connectivity index (χ1) is 12.4. The van der Waals surface area contributed by atoms with E-state index < -0.39 is 10.0 Å². The van der Waals surface area contributed by atoms with Gasteiger partial charge in [-0.3, -0.25) is 4.99 Å². The Morgan fingerprint density at radius 3 is 2.37 bits per heavy atom. The lowest BCUT2D eigenvalue weighted by Crippen LogP contribution is -2.43. The van der Waals surface area contributed by atoms with Crippen molar-refractivity contribution in [3.63, 3.8) is 0 Å². The van der Waals surface area contributed by atoms with E-state index in [4.69, 9.17) is 0 Å². The van der Waals surface area contributed by atoms with Gasteiger partial charge < -0.3 is 10.2 Å². The SMILES string of the molecule is CN=C(NCCNS(=O)(=O)c1cc(C)sc1C)N1CC2CCCCC2C1.I. The molecule has 6 nitrogen and oxygen atoms in total. The fourth-order valence-corrected chi connectivity index (χ4v) is 6.81. The zero-order valence-electron chi connectivity index (χ0n) is 16.3. The molecule has 2 N–H and O–H groups in total. The Labute approximate surface area is 184 Å². The molecule has 27 heavy (non-hydrogen) atoms. The second kappa shape index (κ2) is 9.89. The van der Waals surface area contributed by atoms with Crippen LogP contribution in [0, 0.1) is 25.7 Å². The minimum Gasteiger partial charge on any atom is -0.355 e. The molecule has 0 spiro atoms. The first-order valence-electron chi connectivity index (χ1n) is 9.43. The van der Waals surface area contributed by atoms with Crippen LogP contribution in [-0.4, -0.2) is 52.5 Å².